The molecule has 72 valence electrons. The van der Waals surface area contributed by atoms with E-state index in [1.807, 2.05) is 0 Å². The van der Waals surface area contributed by atoms with Gasteiger partial charge in [0.2, 0.25) is 0 Å². The van der Waals surface area contributed by atoms with Gasteiger partial charge in [-0.1, -0.05) is 6.92 Å². The number of rotatable bonds is 2. The molecular formula is C9H20N2O. The standard InChI is InChI=1S/C9H20N2O/c1-9(8-11(3)12)5-4-6-10(2)7-9/h12H,4-8H2,1-3H3. The first-order valence-corrected chi connectivity index (χ1v) is 4.60. The Morgan fingerprint density at radius 2 is 2.25 bits per heavy atom. The van der Waals surface area contributed by atoms with Gasteiger partial charge in [0.05, 0.1) is 0 Å². The lowest BCUT2D eigenvalue weighted by atomic mass is 9.82. The molecule has 3 nitrogen and oxygen atoms in total. The van der Waals surface area contributed by atoms with Crippen LogP contribution in [0.25, 0.3) is 0 Å². The lowest BCUT2D eigenvalue weighted by Gasteiger charge is -2.39. The second-order valence-electron chi connectivity index (χ2n) is 4.47. The van der Waals surface area contributed by atoms with Crippen LogP contribution < -0.4 is 0 Å². The Morgan fingerprint density at radius 1 is 1.58 bits per heavy atom. The topological polar surface area (TPSA) is 26.7 Å². The number of hydrogen-bond donors (Lipinski definition) is 1. The van der Waals surface area contributed by atoms with E-state index in [9.17, 15) is 5.21 Å². The van der Waals surface area contributed by atoms with E-state index in [1.165, 1.54) is 24.4 Å². The molecule has 0 radical (unpaired) electrons. The van der Waals surface area contributed by atoms with Crippen molar-refractivity contribution in [2.24, 2.45) is 5.41 Å². The Hall–Kier alpha value is -0.120. The average molecular weight is 172 g/mol. The Balaban J connectivity index is 2.45. The first-order chi connectivity index (χ1) is 5.52. The minimum absolute atomic E-state index is 0.274. The minimum atomic E-state index is 0.274. The first kappa shape index (κ1) is 9.96. The largest absolute Gasteiger partial charge is 0.314 e. The van der Waals surface area contributed by atoms with E-state index in [2.05, 4.69) is 18.9 Å². The summed E-state index contributed by atoms with van der Waals surface area (Å²) >= 11 is 0. The third-order valence-corrected chi connectivity index (χ3v) is 2.58. The second kappa shape index (κ2) is 3.73. The molecule has 1 fully saturated rings. The third-order valence-electron chi connectivity index (χ3n) is 2.58. The van der Waals surface area contributed by atoms with Gasteiger partial charge in [-0.25, -0.2) is 0 Å². The van der Waals surface area contributed by atoms with Gasteiger partial charge in [0.1, 0.15) is 0 Å². The van der Waals surface area contributed by atoms with Crippen molar-refractivity contribution in [2.45, 2.75) is 19.8 Å². The molecule has 0 saturated carbocycles. The summed E-state index contributed by atoms with van der Waals surface area (Å²) in [6.45, 7) is 5.31. The molecule has 0 spiro atoms. The highest BCUT2D eigenvalue weighted by molar-refractivity contribution is 4.83. The van der Waals surface area contributed by atoms with Gasteiger partial charge in [0, 0.05) is 20.1 Å². The van der Waals surface area contributed by atoms with E-state index < -0.39 is 0 Å². The smallest absolute Gasteiger partial charge is 0.0301 e. The van der Waals surface area contributed by atoms with Crippen LogP contribution in [-0.2, 0) is 0 Å². The highest BCUT2D eigenvalue weighted by atomic mass is 16.5. The van der Waals surface area contributed by atoms with E-state index in [-0.39, 0.29) is 5.41 Å². The maximum Gasteiger partial charge on any atom is 0.0301 e. The lowest BCUT2D eigenvalue weighted by Crippen LogP contribution is -2.44. The molecule has 0 amide bonds. The molecule has 1 heterocycles. The highest BCUT2D eigenvalue weighted by Gasteiger charge is 2.30. The number of hydroxylamine groups is 2. The molecule has 0 aliphatic carbocycles. The van der Waals surface area contributed by atoms with Crippen molar-refractivity contribution in [1.82, 2.24) is 9.96 Å². The summed E-state index contributed by atoms with van der Waals surface area (Å²) < 4.78 is 0. The Bertz CT molecular complexity index is 145. The summed E-state index contributed by atoms with van der Waals surface area (Å²) in [6, 6.07) is 0. The summed E-state index contributed by atoms with van der Waals surface area (Å²) in [5, 5.41) is 10.5. The molecule has 1 N–H and O–H groups in total. The molecule has 1 aliphatic rings. The molecular weight excluding hydrogens is 152 g/mol. The van der Waals surface area contributed by atoms with E-state index >= 15 is 0 Å². The Kier molecular flexibility index (Phi) is 3.09. The van der Waals surface area contributed by atoms with Crippen LogP contribution in [0.4, 0.5) is 0 Å². The zero-order valence-electron chi connectivity index (χ0n) is 8.38. The van der Waals surface area contributed by atoms with Crippen molar-refractivity contribution in [3.8, 4) is 0 Å². The molecule has 0 aromatic heterocycles. The summed E-state index contributed by atoms with van der Waals surface area (Å²) in [6.07, 6.45) is 2.48. The van der Waals surface area contributed by atoms with Gasteiger partial charge in [-0.05, 0) is 31.8 Å². The van der Waals surface area contributed by atoms with Gasteiger partial charge in [-0.3, -0.25) is 0 Å². The van der Waals surface area contributed by atoms with Crippen LogP contribution in [-0.4, -0.2) is 48.9 Å². The molecule has 12 heavy (non-hydrogen) atoms. The average Bonchev–Trinajstić information content (AvgIpc) is 1.82. The highest BCUT2D eigenvalue weighted by Crippen LogP contribution is 2.28. The molecule has 0 aromatic rings. The first-order valence-electron chi connectivity index (χ1n) is 4.60. The van der Waals surface area contributed by atoms with Crippen LogP contribution in [0.5, 0.6) is 0 Å². The monoisotopic (exact) mass is 172 g/mol. The molecule has 1 saturated heterocycles. The van der Waals surface area contributed by atoms with Crippen LogP contribution in [0.15, 0.2) is 0 Å². The van der Waals surface area contributed by atoms with Crippen molar-refractivity contribution >= 4 is 0 Å². The molecule has 1 unspecified atom stereocenters. The van der Waals surface area contributed by atoms with Crippen molar-refractivity contribution in [1.29, 1.82) is 0 Å². The van der Waals surface area contributed by atoms with Crippen LogP contribution in [0.1, 0.15) is 19.8 Å². The number of piperidine rings is 1. The predicted octanol–water partition coefficient (Wildman–Crippen LogP) is 1.04. The SMILES string of the molecule is CN(O)CC1(C)CCCN(C)C1. The van der Waals surface area contributed by atoms with Crippen LogP contribution in [0, 0.1) is 5.41 Å². The fraction of sp³-hybridized carbons (Fsp3) is 1.00. The van der Waals surface area contributed by atoms with E-state index in [4.69, 9.17) is 0 Å². The van der Waals surface area contributed by atoms with Gasteiger partial charge < -0.3 is 10.1 Å². The van der Waals surface area contributed by atoms with E-state index in [0.717, 1.165) is 13.1 Å². The molecule has 0 bridgehead atoms. The Labute approximate surface area is 74.9 Å². The van der Waals surface area contributed by atoms with Crippen LogP contribution in [0.2, 0.25) is 0 Å². The predicted molar refractivity (Wildman–Crippen MR) is 49.3 cm³/mol. The zero-order valence-corrected chi connectivity index (χ0v) is 8.38. The molecule has 3 heteroatoms. The molecule has 1 aliphatic heterocycles. The van der Waals surface area contributed by atoms with Crippen LogP contribution in [0.3, 0.4) is 0 Å². The zero-order chi connectivity index (χ0) is 9.19. The van der Waals surface area contributed by atoms with E-state index in [0.29, 0.717) is 0 Å². The maximum atomic E-state index is 9.17. The normalized spacial score (nSPS) is 32.8. The van der Waals surface area contributed by atoms with Gasteiger partial charge >= 0.3 is 0 Å². The number of nitrogens with zero attached hydrogens (tertiary/aromatic N) is 2. The summed E-state index contributed by atoms with van der Waals surface area (Å²) in [5.41, 5.74) is 0.274. The summed E-state index contributed by atoms with van der Waals surface area (Å²) in [5.74, 6) is 0. The van der Waals surface area contributed by atoms with Crippen molar-refractivity contribution in [3.05, 3.63) is 0 Å². The van der Waals surface area contributed by atoms with Crippen molar-refractivity contribution in [3.63, 3.8) is 0 Å². The molecule has 0 aromatic carbocycles. The third kappa shape index (κ3) is 2.73. The fourth-order valence-electron chi connectivity index (χ4n) is 2.27. The fourth-order valence-corrected chi connectivity index (χ4v) is 2.27. The molecule has 1 rings (SSSR count). The van der Waals surface area contributed by atoms with Crippen molar-refractivity contribution in [2.75, 3.05) is 33.7 Å². The molecule has 1 atom stereocenters. The summed E-state index contributed by atoms with van der Waals surface area (Å²) in [7, 11) is 3.87. The van der Waals surface area contributed by atoms with Gasteiger partial charge in [-0.15, -0.1) is 0 Å². The Morgan fingerprint density at radius 3 is 2.75 bits per heavy atom. The number of likely N-dealkylation sites (tertiary alicyclic amines) is 1. The van der Waals surface area contributed by atoms with Gasteiger partial charge in [-0.2, -0.15) is 5.06 Å². The maximum absolute atomic E-state index is 9.17. The van der Waals surface area contributed by atoms with Crippen molar-refractivity contribution < 1.29 is 5.21 Å². The number of hydrogen-bond acceptors (Lipinski definition) is 3. The second-order valence-corrected chi connectivity index (χ2v) is 4.47. The summed E-state index contributed by atoms with van der Waals surface area (Å²) in [4.78, 5) is 2.34. The van der Waals surface area contributed by atoms with Gasteiger partial charge in [0.25, 0.3) is 0 Å². The lowest BCUT2D eigenvalue weighted by molar-refractivity contribution is -0.100. The van der Waals surface area contributed by atoms with E-state index in [1.54, 1.807) is 7.05 Å². The van der Waals surface area contributed by atoms with Gasteiger partial charge in [0.15, 0.2) is 0 Å². The minimum Gasteiger partial charge on any atom is -0.314 e. The quantitative estimate of drug-likeness (QED) is 0.630. The van der Waals surface area contributed by atoms with Crippen LogP contribution >= 0.6 is 0 Å².